The minimum atomic E-state index is -0.987. The topological polar surface area (TPSA) is 91.4 Å². The van der Waals surface area contributed by atoms with E-state index >= 15 is 0 Å². The summed E-state index contributed by atoms with van der Waals surface area (Å²) in [4.78, 5) is 45.3. The van der Waals surface area contributed by atoms with Crippen LogP contribution in [0.3, 0.4) is 0 Å². The third kappa shape index (κ3) is 4.16. The van der Waals surface area contributed by atoms with Crippen LogP contribution in [-0.4, -0.2) is 34.2 Å². The van der Waals surface area contributed by atoms with E-state index in [1.54, 1.807) is 12.3 Å². The van der Waals surface area contributed by atoms with Gasteiger partial charge in [0.25, 0.3) is 0 Å². The van der Waals surface area contributed by atoms with Gasteiger partial charge in [-0.1, -0.05) is 32.0 Å². The van der Waals surface area contributed by atoms with Crippen LogP contribution >= 0.6 is 0 Å². The average Bonchev–Trinajstić information content (AvgIpc) is 3.41. The van der Waals surface area contributed by atoms with E-state index in [-0.39, 0.29) is 18.4 Å². The molecule has 6 rings (SSSR count). The summed E-state index contributed by atoms with van der Waals surface area (Å²) in [6.07, 6.45) is 3.78. The molecule has 200 valence electrons. The van der Waals surface area contributed by atoms with Crippen molar-refractivity contribution in [3.05, 3.63) is 88.6 Å². The Labute approximate surface area is 224 Å². The molecule has 9 heteroatoms. The van der Waals surface area contributed by atoms with Gasteiger partial charge in [0.1, 0.15) is 12.4 Å². The minimum absolute atomic E-state index is 0.0764. The number of likely N-dealkylation sites (tertiary alicyclic amines) is 1. The number of anilines is 2. The molecule has 3 aromatic rings. The van der Waals surface area contributed by atoms with E-state index < -0.39 is 34.4 Å². The second-order valence-corrected chi connectivity index (χ2v) is 11.4. The number of benzene rings is 2. The number of hydrogen-bond donors (Lipinski definition) is 2. The van der Waals surface area contributed by atoms with Crippen molar-refractivity contribution in [1.82, 2.24) is 9.88 Å². The van der Waals surface area contributed by atoms with Gasteiger partial charge in [0, 0.05) is 22.9 Å². The standard InChI is InChI=1S/C30H28F2N4O3/c1-29(2)10-9-24(17-6-8-22(31)23(32)13-17)36(28(29)39)16-25(37)34-20-7-5-18-14-30(15-19(18)12-20)21-4-3-11-33-26(21)35-27(30)38/h3-8,11-13,24H,9-10,14-16H2,1-2H3,(H,34,37)(H,33,35,38)/t24?,30-/m1/s1. The Morgan fingerprint density at radius 2 is 1.87 bits per heavy atom. The van der Waals surface area contributed by atoms with Crippen LogP contribution in [-0.2, 0) is 32.6 Å². The molecular weight excluding hydrogens is 502 g/mol. The van der Waals surface area contributed by atoms with Crippen molar-refractivity contribution in [2.45, 2.75) is 51.0 Å². The Hall–Kier alpha value is -4.14. The molecule has 3 aliphatic rings. The van der Waals surface area contributed by atoms with E-state index in [0.29, 0.717) is 42.8 Å². The highest BCUT2D eigenvalue weighted by molar-refractivity contribution is 6.06. The molecular formula is C30H28F2N4O3. The number of fused-ring (bicyclic) bond motifs is 3. The normalized spacial score (nSPS) is 23.0. The Bertz CT molecular complexity index is 1540. The first-order valence-corrected chi connectivity index (χ1v) is 13.0. The molecule has 1 unspecified atom stereocenters. The summed E-state index contributed by atoms with van der Waals surface area (Å²) in [6.45, 7) is 3.42. The highest BCUT2D eigenvalue weighted by atomic mass is 19.2. The zero-order chi connectivity index (χ0) is 27.5. The SMILES string of the molecule is CC1(C)CCC(c2ccc(F)c(F)c2)N(CC(=O)Nc2ccc3c(c2)C[C@@]2(C3)C(=O)Nc3ncccc32)C1=O. The lowest BCUT2D eigenvalue weighted by Gasteiger charge is -2.43. The molecule has 2 N–H and O–H groups in total. The van der Waals surface area contributed by atoms with E-state index in [4.69, 9.17) is 0 Å². The summed E-state index contributed by atoms with van der Waals surface area (Å²) in [5.74, 6) is -2.04. The molecule has 1 saturated heterocycles. The number of carbonyl (C=O) groups is 3. The van der Waals surface area contributed by atoms with E-state index in [0.717, 1.165) is 28.8 Å². The van der Waals surface area contributed by atoms with E-state index in [1.807, 2.05) is 38.1 Å². The molecule has 0 bridgehead atoms. The highest BCUT2D eigenvalue weighted by Crippen LogP contribution is 2.47. The Morgan fingerprint density at radius 3 is 2.67 bits per heavy atom. The van der Waals surface area contributed by atoms with Gasteiger partial charge in [-0.15, -0.1) is 0 Å². The first-order valence-electron chi connectivity index (χ1n) is 13.0. The minimum Gasteiger partial charge on any atom is -0.326 e. The summed E-state index contributed by atoms with van der Waals surface area (Å²) in [6, 6.07) is 12.4. The van der Waals surface area contributed by atoms with Crippen molar-refractivity contribution in [3.8, 4) is 0 Å². The van der Waals surface area contributed by atoms with Crippen molar-refractivity contribution >= 4 is 29.2 Å². The van der Waals surface area contributed by atoms with Gasteiger partial charge in [0.05, 0.1) is 11.5 Å². The van der Waals surface area contributed by atoms with Gasteiger partial charge < -0.3 is 15.5 Å². The van der Waals surface area contributed by atoms with Crippen molar-refractivity contribution in [1.29, 1.82) is 0 Å². The zero-order valence-corrected chi connectivity index (χ0v) is 21.7. The summed E-state index contributed by atoms with van der Waals surface area (Å²) >= 11 is 0. The molecule has 7 nitrogen and oxygen atoms in total. The van der Waals surface area contributed by atoms with Gasteiger partial charge in [0.15, 0.2) is 11.6 Å². The van der Waals surface area contributed by atoms with Crippen LogP contribution < -0.4 is 10.6 Å². The Balaban J connectivity index is 1.21. The lowest BCUT2D eigenvalue weighted by atomic mass is 9.78. The van der Waals surface area contributed by atoms with Crippen LogP contribution in [0.4, 0.5) is 20.3 Å². The summed E-state index contributed by atoms with van der Waals surface area (Å²) in [7, 11) is 0. The largest absolute Gasteiger partial charge is 0.326 e. The van der Waals surface area contributed by atoms with Crippen molar-refractivity contribution in [2.75, 3.05) is 17.2 Å². The van der Waals surface area contributed by atoms with Gasteiger partial charge >= 0.3 is 0 Å². The van der Waals surface area contributed by atoms with Crippen molar-refractivity contribution in [3.63, 3.8) is 0 Å². The average molecular weight is 531 g/mol. The summed E-state index contributed by atoms with van der Waals surface area (Å²) in [5, 5.41) is 5.78. The van der Waals surface area contributed by atoms with Gasteiger partial charge in [-0.3, -0.25) is 14.4 Å². The van der Waals surface area contributed by atoms with Crippen LogP contribution in [0.1, 0.15) is 55.0 Å². The second-order valence-electron chi connectivity index (χ2n) is 11.4. The van der Waals surface area contributed by atoms with Crippen molar-refractivity contribution < 1.29 is 23.2 Å². The molecule has 2 aliphatic heterocycles. The number of rotatable bonds is 4. The van der Waals surface area contributed by atoms with E-state index in [9.17, 15) is 23.2 Å². The summed E-state index contributed by atoms with van der Waals surface area (Å²) < 4.78 is 27.6. The lowest BCUT2D eigenvalue weighted by Crippen LogP contribution is -2.50. The van der Waals surface area contributed by atoms with Crippen molar-refractivity contribution in [2.24, 2.45) is 5.41 Å². The second kappa shape index (κ2) is 8.97. The maximum Gasteiger partial charge on any atom is 0.244 e. The predicted octanol–water partition coefficient (Wildman–Crippen LogP) is 4.68. The molecule has 0 saturated carbocycles. The molecule has 1 aromatic heterocycles. The molecule has 1 fully saturated rings. The molecule has 2 aromatic carbocycles. The van der Waals surface area contributed by atoms with Gasteiger partial charge in [-0.2, -0.15) is 0 Å². The third-order valence-corrected chi connectivity index (χ3v) is 8.37. The molecule has 2 atom stereocenters. The number of nitrogens with zero attached hydrogens (tertiary/aromatic N) is 2. The number of hydrogen-bond acceptors (Lipinski definition) is 4. The van der Waals surface area contributed by atoms with Gasteiger partial charge in [-0.05, 0) is 72.7 Å². The fourth-order valence-corrected chi connectivity index (χ4v) is 6.24. The Morgan fingerprint density at radius 1 is 1.08 bits per heavy atom. The maximum absolute atomic E-state index is 14.0. The number of piperidine rings is 1. The predicted molar refractivity (Wildman–Crippen MR) is 141 cm³/mol. The van der Waals surface area contributed by atoms with E-state index in [1.165, 1.54) is 11.0 Å². The van der Waals surface area contributed by atoms with Crippen LogP contribution in [0, 0.1) is 17.0 Å². The van der Waals surface area contributed by atoms with Crippen LogP contribution in [0.15, 0.2) is 54.7 Å². The van der Waals surface area contributed by atoms with Crippen LogP contribution in [0.2, 0.25) is 0 Å². The monoisotopic (exact) mass is 530 g/mol. The molecule has 39 heavy (non-hydrogen) atoms. The highest BCUT2D eigenvalue weighted by Gasteiger charge is 2.51. The lowest BCUT2D eigenvalue weighted by molar-refractivity contribution is -0.150. The van der Waals surface area contributed by atoms with Crippen LogP contribution in [0.25, 0.3) is 0 Å². The third-order valence-electron chi connectivity index (χ3n) is 8.37. The van der Waals surface area contributed by atoms with E-state index in [2.05, 4.69) is 15.6 Å². The number of amides is 3. The molecule has 1 aliphatic carbocycles. The fraction of sp³-hybridized carbons (Fsp3) is 0.333. The molecule has 3 heterocycles. The fourth-order valence-electron chi connectivity index (χ4n) is 6.24. The smallest absolute Gasteiger partial charge is 0.244 e. The maximum atomic E-state index is 14.0. The first kappa shape index (κ1) is 25.2. The molecule has 3 amide bonds. The zero-order valence-electron chi connectivity index (χ0n) is 21.7. The number of carbonyl (C=O) groups excluding carboxylic acids is 3. The van der Waals surface area contributed by atoms with Crippen LogP contribution in [0.5, 0.6) is 0 Å². The van der Waals surface area contributed by atoms with Gasteiger partial charge in [-0.25, -0.2) is 13.8 Å². The number of halogens is 2. The molecule has 0 radical (unpaired) electrons. The van der Waals surface area contributed by atoms with Gasteiger partial charge in [0.2, 0.25) is 17.7 Å². The number of nitrogens with one attached hydrogen (secondary N) is 2. The Kier molecular flexibility index (Phi) is 5.78. The quantitative estimate of drug-likeness (QED) is 0.513. The molecule has 1 spiro atoms. The summed E-state index contributed by atoms with van der Waals surface area (Å²) in [5.41, 5.74) is 2.51. The number of pyridine rings is 1. The number of aromatic nitrogens is 1. The first-order chi connectivity index (χ1) is 18.6.